The normalized spacial score (nSPS) is 11.2. The maximum atomic E-state index is 12.2. The van der Waals surface area contributed by atoms with Crippen molar-refractivity contribution < 1.29 is 18.0 Å². The number of hydrogen-bond acceptors (Lipinski definition) is 1. The molecule has 0 N–H and O–H groups in total. The predicted octanol–water partition coefficient (Wildman–Crippen LogP) is 3.31. The van der Waals surface area contributed by atoms with Crippen LogP contribution in [0.4, 0.5) is 13.2 Å². The van der Waals surface area contributed by atoms with E-state index in [1.807, 2.05) is 0 Å². The van der Waals surface area contributed by atoms with Gasteiger partial charge in [-0.25, -0.2) is 0 Å². The van der Waals surface area contributed by atoms with Crippen LogP contribution in [0.1, 0.15) is 18.1 Å². The summed E-state index contributed by atoms with van der Waals surface area (Å²) in [6, 6.07) is 4.35. The molecule has 1 nitrogen and oxygen atoms in total. The first-order chi connectivity index (χ1) is 6.82. The molecular formula is C11H9F3O. The van der Waals surface area contributed by atoms with E-state index in [0.29, 0.717) is 5.56 Å². The van der Waals surface area contributed by atoms with Gasteiger partial charge in [0.25, 0.3) is 0 Å². The number of alkyl halides is 3. The molecule has 0 radical (unpaired) electrons. The minimum Gasteiger partial charge on any atom is -0.295 e. The molecule has 0 saturated heterocycles. The summed E-state index contributed by atoms with van der Waals surface area (Å²) < 4.78 is 36.6. The third-order valence-corrected chi connectivity index (χ3v) is 1.99. The van der Waals surface area contributed by atoms with E-state index in [-0.39, 0.29) is 11.4 Å². The number of allylic oxidation sites excluding steroid dienone is 1. The zero-order chi connectivity index (χ0) is 11.6. The highest BCUT2D eigenvalue weighted by Crippen LogP contribution is 2.29. The topological polar surface area (TPSA) is 17.1 Å². The lowest BCUT2D eigenvalue weighted by atomic mass is 10.0. The van der Waals surface area contributed by atoms with Crippen molar-refractivity contribution in [1.29, 1.82) is 0 Å². The van der Waals surface area contributed by atoms with Gasteiger partial charge in [-0.05, 0) is 24.6 Å². The SMILES string of the molecule is C=C(C(C)=O)c1ccc(C(F)(F)F)cc1. The van der Waals surface area contributed by atoms with Crippen molar-refractivity contribution in [3.63, 3.8) is 0 Å². The van der Waals surface area contributed by atoms with E-state index >= 15 is 0 Å². The average Bonchev–Trinajstić information content (AvgIpc) is 2.15. The molecule has 0 saturated carbocycles. The molecule has 1 aromatic carbocycles. The van der Waals surface area contributed by atoms with Gasteiger partial charge in [0.1, 0.15) is 0 Å². The smallest absolute Gasteiger partial charge is 0.295 e. The lowest BCUT2D eigenvalue weighted by molar-refractivity contribution is -0.137. The molecule has 0 aliphatic carbocycles. The molecule has 0 atom stereocenters. The Morgan fingerprint density at radius 2 is 1.67 bits per heavy atom. The van der Waals surface area contributed by atoms with E-state index in [1.165, 1.54) is 19.1 Å². The van der Waals surface area contributed by atoms with Gasteiger partial charge in [0.15, 0.2) is 5.78 Å². The predicted molar refractivity (Wildman–Crippen MR) is 51.2 cm³/mol. The molecule has 0 aliphatic rings. The number of carbonyl (C=O) groups is 1. The Labute approximate surface area is 85.2 Å². The quantitative estimate of drug-likeness (QED) is 0.690. The molecule has 0 amide bonds. The van der Waals surface area contributed by atoms with Crippen LogP contribution in [0, 0.1) is 0 Å². The fourth-order valence-electron chi connectivity index (χ4n) is 1.06. The van der Waals surface area contributed by atoms with Crippen LogP contribution in [0.15, 0.2) is 30.8 Å². The molecule has 15 heavy (non-hydrogen) atoms. The summed E-state index contributed by atoms with van der Waals surface area (Å²) in [6.45, 7) is 4.80. The largest absolute Gasteiger partial charge is 0.416 e. The highest BCUT2D eigenvalue weighted by atomic mass is 19.4. The average molecular weight is 214 g/mol. The molecule has 0 aromatic heterocycles. The summed E-state index contributed by atoms with van der Waals surface area (Å²) in [5.41, 5.74) is -0.109. The fraction of sp³-hybridized carbons (Fsp3) is 0.182. The van der Waals surface area contributed by atoms with Crippen molar-refractivity contribution in [3.8, 4) is 0 Å². The number of ketones is 1. The second kappa shape index (κ2) is 3.88. The molecule has 0 fully saturated rings. The number of halogens is 3. The molecule has 0 spiro atoms. The van der Waals surface area contributed by atoms with Crippen molar-refractivity contribution in [2.75, 3.05) is 0 Å². The van der Waals surface area contributed by atoms with E-state index < -0.39 is 11.7 Å². The monoisotopic (exact) mass is 214 g/mol. The van der Waals surface area contributed by atoms with Crippen LogP contribution >= 0.6 is 0 Å². The van der Waals surface area contributed by atoms with Crippen molar-refractivity contribution in [1.82, 2.24) is 0 Å². The number of Topliss-reactive ketones (excluding diaryl/α,β-unsaturated/α-hetero) is 1. The van der Waals surface area contributed by atoms with Crippen LogP contribution in [-0.2, 0) is 11.0 Å². The minimum absolute atomic E-state index is 0.212. The Hall–Kier alpha value is -1.58. The molecule has 4 heteroatoms. The van der Waals surface area contributed by atoms with Gasteiger partial charge in [0, 0.05) is 5.57 Å². The standard InChI is InChI=1S/C11H9F3O/c1-7(8(2)15)9-3-5-10(6-4-9)11(12,13)14/h3-6H,1H2,2H3. The van der Waals surface area contributed by atoms with E-state index in [2.05, 4.69) is 6.58 Å². The third-order valence-electron chi connectivity index (χ3n) is 1.99. The molecule has 1 rings (SSSR count). The molecule has 0 heterocycles. The van der Waals surface area contributed by atoms with Gasteiger partial charge in [-0.3, -0.25) is 4.79 Å². The summed E-state index contributed by atoms with van der Waals surface area (Å²) in [6.07, 6.45) is -4.35. The zero-order valence-corrected chi connectivity index (χ0v) is 8.06. The summed E-state index contributed by atoms with van der Waals surface area (Å²) in [4.78, 5) is 10.9. The summed E-state index contributed by atoms with van der Waals surface area (Å²) in [5.74, 6) is -0.255. The second-order valence-electron chi connectivity index (χ2n) is 3.11. The number of hydrogen-bond donors (Lipinski definition) is 0. The molecule has 1 aromatic rings. The third kappa shape index (κ3) is 2.68. The summed E-state index contributed by atoms with van der Waals surface area (Å²) in [5, 5.41) is 0. The van der Waals surface area contributed by atoms with Crippen molar-refractivity contribution in [2.45, 2.75) is 13.1 Å². The van der Waals surface area contributed by atoms with E-state index in [1.54, 1.807) is 0 Å². The van der Waals surface area contributed by atoms with Crippen molar-refractivity contribution in [2.24, 2.45) is 0 Å². The summed E-state index contributed by atoms with van der Waals surface area (Å²) >= 11 is 0. The van der Waals surface area contributed by atoms with Gasteiger partial charge < -0.3 is 0 Å². The molecule has 80 valence electrons. The van der Waals surface area contributed by atoms with Crippen LogP contribution < -0.4 is 0 Å². The van der Waals surface area contributed by atoms with Crippen molar-refractivity contribution >= 4 is 11.4 Å². The van der Waals surface area contributed by atoms with Crippen molar-refractivity contribution in [3.05, 3.63) is 42.0 Å². The number of benzene rings is 1. The first-order valence-corrected chi connectivity index (χ1v) is 4.20. The second-order valence-corrected chi connectivity index (χ2v) is 3.11. The Bertz CT molecular complexity index is 387. The van der Waals surface area contributed by atoms with Crippen LogP contribution in [0.3, 0.4) is 0 Å². The van der Waals surface area contributed by atoms with Crippen LogP contribution in [0.25, 0.3) is 5.57 Å². The van der Waals surface area contributed by atoms with Gasteiger partial charge >= 0.3 is 6.18 Å². The molecule has 0 bridgehead atoms. The fourth-order valence-corrected chi connectivity index (χ4v) is 1.06. The Morgan fingerprint density at radius 1 is 1.20 bits per heavy atom. The summed E-state index contributed by atoms with van der Waals surface area (Å²) in [7, 11) is 0. The molecule has 0 aliphatic heterocycles. The number of rotatable bonds is 2. The lowest BCUT2D eigenvalue weighted by Gasteiger charge is -2.07. The first kappa shape index (κ1) is 11.5. The van der Waals surface area contributed by atoms with Gasteiger partial charge in [-0.1, -0.05) is 18.7 Å². The van der Waals surface area contributed by atoms with Crippen LogP contribution in [-0.4, -0.2) is 5.78 Å². The Balaban J connectivity index is 3.01. The number of carbonyl (C=O) groups excluding carboxylic acids is 1. The highest BCUT2D eigenvalue weighted by Gasteiger charge is 2.30. The Morgan fingerprint density at radius 3 is 2.00 bits per heavy atom. The zero-order valence-electron chi connectivity index (χ0n) is 8.06. The Kier molecular flexibility index (Phi) is 2.98. The first-order valence-electron chi connectivity index (χ1n) is 4.20. The van der Waals surface area contributed by atoms with Gasteiger partial charge in [0.2, 0.25) is 0 Å². The maximum Gasteiger partial charge on any atom is 0.416 e. The van der Waals surface area contributed by atoms with E-state index in [0.717, 1.165) is 12.1 Å². The van der Waals surface area contributed by atoms with Crippen LogP contribution in [0.2, 0.25) is 0 Å². The van der Waals surface area contributed by atoms with Gasteiger partial charge in [-0.15, -0.1) is 0 Å². The van der Waals surface area contributed by atoms with E-state index in [9.17, 15) is 18.0 Å². The lowest BCUT2D eigenvalue weighted by Crippen LogP contribution is -2.04. The van der Waals surface area contributed by atoms with E-state index in [4.69, 9.17) is 0 Å². The molecular weight excluding hydrogens is 205 g/mol. The highest BCUT2D eigenvalue weighted by molar-refractivity contribution is 6.18. The minimum atomic E-state index is -4.35. The van der Waals surface area contributed by atoms with Gasteiger partial charge in [0.05, 0.1) is 5.56 Å². The van der Waals surface area contributed by atoms with Crippen LogP contribution in [0.5, 0.6) is 0 Å². The maximum absolute atomic E-state index is 12.2. The van der Waals surface area contributed by atoms with Gasteiger partial charge in [-0.2, -0.15) is 13.2 Å². The molecule has 0 unspecified atom stereocenters.